The van der Waals surface area contributed by atoms with Crippen LogP contribution in [0, 0.1) is 0 Å². The maximum Gasteiger partial charge on any atom is 0.317 e. The van der Waals surface area contributed by atoms with Crippen molar-refractivity contribution in [2.45, 2.75) is 19.8 Å². The summed E-state index contributed by atoms with van der Waals surface area (Å²) < 4.78 is 0. The molecule has 0 aromatic rings. The molecule has 0 radical (unpaired) electrons. The Balaban J connectivity index is 2.28. The quantitative estimate of drug-likeness (QED) is 0.678. The zero-order valence-corrected chi connectivity index (χ0v) is 11.0. The highest BCUT2D eigenvalue weighted by Gasteiger charge is 2.18. The number of carbonyl (C=O) groups excluding carboxylic acids is 1. The molecule has 18 heavy (non-hydrogen) atoms. The Kier molecular flexibility index (Phi) is 6.67. The van der Waals surface area contributed by atoms with E-state index in [4.69, 9.17) is 5.11 Å². The Morgan fingerprint density at radius 3 is 2.28 bits per heavy atom. The van der Waals surface area contributed by atoms with Crippen LogP contribution in [-0.2, 0) is 9.59 Å². The maximum atomic E-state index is 11.6. The Morgan fingerprint density at radius 1 is 1.11 bits per heavy atom. The summed E-state index contributed by atoms with van der Waals surface area (Å²) in [6.45, 7) is 6.37. The van der Waals surface area contributed by atoms with Gasteiger partial charge in [-0.3, -0.25) is 19.4 Å². The minimum absolute atomic E-state index is 0.0588. The Labute approximate surface area is 108 Å². The predicted octanol–water partition coefficient (Wildman–Crippen LogP) is -0.395. The lowest BCUT2D eigenvalue weighted by Crippen LogP contribution is -2.40. The fraction of sp³-hybridized carbons (Fsp3) is 0.833. The molecule has 0 aromatic carbocycles. The van der Waals surface area contributed by atoms with E-state index in [1.807, 2.05) is 11.8 Å². The molecule has 0 spiro atoms. The molecule has 0 atom stereocenters. The van der Waals surface area contributed by atoms with Crippen LogP contribution in [0.4, 0.5) is 0 Å². The van der Waals surface area contributed by atoms with Crippen molar-refractivity contribution < 1.29 is 14.7 Å². The van der Waals surface area contributed by atoms with Gasteiger partial charge in [-0.15, -0.1) is 0 Å². The van der Waals surface area contributed by atoms with E-state index in [2.05, 4.69) is 10.2 Å². The van der Waals surface area contributed by atoms with Crippen molar-refractivity contribution in [1.82, 2.24) is 15.1 Å². The molecule has 2 N–H and O–H groups in total. The molecule has 1 saturated heterocycles. The summed E-state index contributed by atoms with van der Waals surface area (Å²) in [5.74, 6) is -0.729. The molecule has 104 valence electrons. The van der Waals surface area contributed by atoms with Crippen molar-refractivity contribution in [1.29, 1.82) is 0 Å². The number of nitrogens with one attached hydrogen (secondary N) is 1. The molecule has 1 amide bonds. The van der Waals surface area contributed by atoms with Crippen molar-refractivity contribution >= 4 is 11.9 Å². The first-order valence-electron chi connectivity index (χ1n) is 6.55. The number of hydrogen-bond donors (Lipinski definition) is 2. The second-order valence-electron chi connectivity index (χ2n) is 4.65. The zero-order chi connectivity index (χ0) is 13.4. The van der Waals surface area contributed by atoms with Gasteiger partial charge in [-0.1, -0.05) is 6.92 Å². The smallest absolute Gasteiger partial charge is 0.317 e. The van der Waals surface area contributed by atoms with Crippen LogP contribution >= 0.6 is 0 Å². The lowest BCUT2D eigenvalue weighted by atomic mass is 10.3. The number of hydrogen-bond acceptors (Lipinski definition) is 4. The molecular weight excluding hydrogens is 234 g/mol. The molecule has 1 rings (SSSR count). The fourth-order valence-electron chi connectivity index (χ4n) is 2.06. The molecule has 1 aliphatic rings. The first-order chi connectivity index (χ1) is 8.61. The minimum Gasteiger partial charge on any atom is -0.480 e. The molecule has 0 unspecified atom stereocenters. The second kappa shape index (κ2) is 8.05. The van der Waals surface area contributed by atoms with E-state index in [9.17, 15) is 9.59 Å². The molecular formula is C12H23N3O3. The van der Waals surface area contributed by atoms with Gasteiger partial charge in [0.25, 0.3) is 0 Å². The Hall–Kier alpha value is -1.14. The zero-order valence-electron chi connectivity index (χ0n) is 11.0. The van der Waals surface area contributed by atoms with Gasteiger partial charge < -0.3 is 10.4 Å². The molecule has 6 nitrogen and oxygen atoms in total. The largest absolute Gasteiger partial charge is 0.480 e. The van der Waals surface area contributed by atoms with Crippen molar-refractivity contribution in [2.24, 2.45) is 0 Å². The fourth-order valence-corrected chi connectivity index (χ4v) is 2.06. The highest BCUT2D eigenvalue weighted by atomic mass is 16.4. The standard InChI is InChI=1S/C12H23N3O3/c1-2-4-13-11(16)9-14-5-3-6-15(8-7-14)10-12(17)18/h2-10H2,1H3,(H,13,16)(H,17,18). The monoisotopic (exact) mass is 257 g/mol. The number of nitrogens with zero attached hydrogens (tertiary/aromatic N) is 2. The first-order valence-corrected chi connectivity index (χ1v) is 6.55. The number of carboxylic acid groups (broad SMARTS) is 1. The maximum absolute atomic E-state index is 11.6. The first kappa shape index (κ1) is 14.9. The van der Waals surface area contributed by atoms with Gasteiger partial charge in [-0.2, -0.15) is 0 Å². The summed E-state index contributed by atoms with van der Waals surface area (Å²) in [5.41, 5.74) is 0. The van der Waals surface area contributed by atoms with Crippen LogP contribution in [0.25, 0.3) is 0 Å². The van der Waals surface area contributed by atoms with Gasteiger partial charge in [-0.25, -0.2) is 0 Å². The number of carbonyl (C=O) groups is 2. The average Bonchev–Trinajstić information content (AvgIpc) is 2.52. The van der Waals surface area contributed by atoms with E-state index in [1.165, 1.54) is 0 Å². The van der Waals surface area contributed by atoms with E-state index in [1.54, 1.807) is 0 Å². The third-order valence-electron chi connectivity index (χ3n) is 2.98. The van der Waals surface area contributed by atoms with Gasteiger partial charge in [0, 0.05) is 26.2 Å². The third kappa shape index (κ3) is 5.97. The summed E-state index contributed by atoms with van der Waals surface area (Å²) in [7, 11) is 0. The van der Waals surface area contributed by atoms with Gasteiger partial charge in [0.1, 0.15) is 0 Å². The van der Waals surface area contributed by atoms with Crippen molar-refractivity contribution in [3.63, 3.8) is 0 Å². The van der Waals surface area contributed by atoms with E-state index < -0.39 is 5.97 Å². The van der Waals surface area contributed by atoms with Gasteiger partial charge in [0.15, 0.2) is 0 Å². The number of amides is 1. The van der Waals surface area contributed by atoms with E-state index in [0.29, 0.717) is 13.1 Å². The van der Waals surface area contributed by atoms with E-state index in [0.717, 1.165) is 39.0 Å². The summed E-state index contributed by atoms with van der Waals surface area (Å²) in [6, 6.07) is 0. The van der Waals surface area contributed by atoms with E-state index >= 15 is 0 Å². The highest BCUT2D eigenvalue weighted by molar-refractivity contribution is 5.77. The number of aliphatic carboxylic acids is 1. The molecule has 0 aromatic heterocycles. The highest BCUT2D eigenvalue weighted by Crippen LogP contribution is 2.02. The molecule has 6 heteroatoms. The van der Waals surface area contributed by atoms with Crippen LogP contribution in [-0.4, -0.2) is 72.6 Å². The van der Waals surface area contributed by atoms with Crippen LogP contribution < -0.4 is 5.32 Å². The Morgan fingerprint density at radius 2 is 1.72 bits per heavy atom. The van der Waals surface area contributed by atoms with Crippen molar-refractivity contribution in [3.8, 4) is 0 Å². The van der Waals surface area contributed by atoms with Crippen LogP contribution in [0.5, 0.6) is 0 Å². The summed E-state index contributed by atoms with van der Waals surface area (Å²) in [6.07, 6.45) is 1.85. The lowest BCUT2D eigenvalue weighted by Gasteiger charge is -2.20. The normalized spacial score (nSPS) is 18.3. The van der Waals surface area contributed by atoms with Crippen molar-refractivity contribution in [2.75, 3.05) is 45.8 Å². The van der Waals surface area contributed by atoms with Crippen LogP contribution in [0.3, 0.4) is 0 Å². The van der Waals surface area contributed by atoms with E-state index in [-0.39, 0.29) is 12.5 Å². The number of carboxylic acids is 1. The van der Waals surface area contributed by atoms with Crippen LogP contribution in [0.15, 0.2) is 0 Å². The molecule has 1 fully saturated rings. The summed E-state index contributed by atoms with van der Waals surface area (Å²) >= 11 is 0. The van der Waals surface area contributed by atoms with Gasteiger partial charge in [-0.05, 0) is 19.4 Å². The summed E-state index contributed by atoms with van der Waals surface area (Å²) in [4.78, 5) is 26.2. The number of rotatable bonds is 6. The SMILES string of the molecule is CCCNC(=O)CN1CCCN(CC(=O)O)CC1. The second-order valence-corrected chi connectivity index (χ2v) is 4.65. The van der Waals surface area contributed by atoms with Gasteiger partial charge in [0.2, 0.25) is 5.91 Å². The van der Waals surface area contributed by atoms with Gasteiger partial charge >= 0.3 is 5.97 Å². The molecule has 0 saturated carbocycles. The Bertz CT molecular complexity index is 284. The third-order valence-corrected chi connectivity index (χ3v) is 2.98. The van der Waals surface area contributed by atoms with Gasteiger partial charge in [0.05, 0.1) is 13.1 Å². The lowest BCUT2D eigenvalue weighted by molar-refractivity contribution is -0.138. The topological polar surface area (TPSA) is 72.9 Å². The van der Waals surface area contributed by atoms with Crippen LogP contribution in [0.2, 0.25) is 0 Å². The molecule has 0 aliphatic carbocycles. The molecule has 0 bridgehead atoms. The van der Waals surface area contributed by atoms with Crippen LogP contribution in [0.1, 0.15) is 19.8 Å². The van der Waals surface area contributed by atoms with Crippen molar-refractivity contribution in [3.05, 3.63) is 0 Å². The molecule has 1 aliphatic heterocycles. The minimum atomic E-state index is -0.788. The summed E-state index contributed by atoms with van der Waals surface area (Å²) in [5, 5.41) is 11.6. The average molecular weight is 257 g/mol. The predicted molar refractivity (Wildman–Crippen MR) is 68.4 cm³/mol. The molecule has 1 heterocycles.